The Bertz CT molecular complexity index is 260. The molecule has 4 heteroatoms. The summed E-state index contributed by atoms with van der Waals surface area (Å²) in [5.41, 5.74) is -0.137. The number of hydrogen-bond acceptors (Lipinski definition) is 2. The molecular weight excluding hydrogens is 208 g/mol. The summed E-state index contributed by atoms with van der Waals surface area (Å²) in [7, 11) is 0. The molecule has 1 aliphatic rings. The Morgan fingerprint density at radius 2 is 2.15 bits per heavy atom. The van der Waals surface area contributed by atoms with Crippen molar-refractivity contribution in [2.75, 3.05) is 6.26 Å². The van der Waals surface area contributed by atoms with E-state index < -0.39 is 5.97 Å². The summed E-state index contributed by atoms with van der Waals surface area (Å²) in [6, 6.07) is 0. The van der Waals surface area contributed by atoms with Crippen LogP contribution in [0.4, 0.5) is 0 Å². The standard InChI is InChI=1S/C9H13ClO2S/c1-9(2)5(4-6(10)13-3)7(9)8(11)12/h4-5,7H,1-3H3,(H,11,12)/t5-,7-/m0/s1. The minimum atomic E-state index is -0.725. The van der Waals surface area contributed by atoms with Crippen molar-refractivity contribution in [2.24, 2.45) is 17.3 Å². The molecule has 0 aromatic rings. The topological polar surface area (TPSA) is 37.3 Å². The highest BCUT2D eigenvalue weighted by molar-refractivity contribution is 8.03. The second kappa shape index (κ2) is 3.54. The molecule has 0 unspecified atom stereocenters. The van der Waals surface area contributed by atoms with Gasteiger partial charge in [-0.2, -0.15) is 0 Å². The van der Waals surface area contributed by atoms with E-state index in [1.54, 1.807) is 0 Å². The summed E-state index contributed by atoms with van der Waals surface area (Å²) < 4.78 is 0.682. The number of thioether (sulfide) groups is 1. The molecule has 0 spiro atoms. The van der Waals surface area contributed by atoms with Crippen LogP contribution in [0, 0.1) is 17.3 Å². The molecule has 0 aliphatic heterocycles. The van der Waals surface area contributed by atoms with Crippen molar-refractivity contribution in [3.05, 3.63) is 10.4 Å². The van der Waals surface area contributed by atoms with E-state index in [0.717, 1.165) is 0 Å². The summed E-state index contributed by atoms with van der Waals surface area (Å²) in [5.74, 6) is -0.907. The number of hydrogen-bond donors (Lipinski definition) is 1. The minimum absolute atomic E-state index is 0.0879. The second-order valence-electron chi connectivity index (χ2n) is 3.84. The van der Waals surface area contributed by atoms with Crippen LogP contribution in [-0.2, 0) is 4.79 Å². The highest BCUT2D eigenvalue weighted by Crippen LogP contribution is 2.59. The van der Waals surface area contributed by atoms with Crippen LogP contribution < -0.4 is 0 Å². The first-order valence-electron chi connectivity index (χ1n) is 4.05. The average Bonchev–Trinajstić information content (AvgIpc) is 2.53. The Kier molecular flexibility index (Phi) is 2.98. The smallest absolute Gasteiger partial charge is 0.307 e. The van der Waals surface area contributed by atoms with Crippen molar-refractivity contribution in [1.29, 1.82) is 0 Å². The molecule has 2 atom stereocenters. The zero-order valence-corrected chi connectivity index (χ0v) is 9.45. The van der Waals surface area contributed by atoms with E-state index in [-0.39, 0.29) is 17.3 Å². The van der Waals surface area contributed by atoms with E-state index in [1.807, 2.05) is 26.2 Å². The fraction of sp³-hybridized carbons (Fsp3) is 0.667. The largest absolute Gasteiger partial charge is 0.481 e. The van der Waals surface area contributed by atoms with Gasteiger partial charge in [0.15, 0.2) is 0 Å². The van der Waals surface area contributed by atoms with Crippen LogP contribution in [0.15, 0.2) is 10.4 Å². The van der Waals surface area contributed by atoms with Gasteiger partial charge >= 0.3 is 5.97 Å². The third kappa shape index (κ3) is 2.02. The summed E-state index contributed by atoms with van der Waals surface area (Å²) in [6.45, 7) is 3.91. The molecule has 2 nitrogen and oxygen atoms in total. The van der Waals surface area contributed by atoms with E-state index in [2.05, 4.69) is 0 Å². The van der Waals surface area contributed by atoms with E-state index in [1.165, 1.54) is 11.8 Å². The molecule has 74 valence electrons. The molecule has 0 aromatic heterocycles. The number of carboxylic acids is 1. The van der Waals surface area contributed by atoms with Gasteiger partial charge in [-0.3, -0.25) is 4.79 Å². The molecule has 0 radical (unpaired) electrons. The Morgan fingerprint density at radius 3 is 2.46 bits per heavy atom. The van der Waals surface area contributed by atoms with Crippen LogP contribution in [0.5, 0.6) is 0 Å². The maximum Gasteiger partial charge on any atom is 0.307 e. The summed E-state index contributed by atoms with van der Waals surface area (Å²) in [5, 5.41) is 8.87. The Morgan fingerprint density at radius 1 is 1.62 bits per heavy atom. The number of carbonyl (C=O) groups is 1. The Balaban J connectivity index is 2.71. The predicted molar refractivity (Wildman–Crippen MR) is 55.8 cm³/mol. The Labute approximate surface area is 87.3 Å². The highest BCUT2D eigenvalue weighted by Gasteiger charge is 2.60. The lowest BCUT2D eigenvalue weighted by molar-refractivity contribution is -0.139. The molecule has 1 N–H and O–H groups in total. The molecule has 0 saturated heterocycles. The zero-order valence-electron chi connectivity index (χ0n) is 7.87. The van der Waals surface area contributed by atoms with Crippen LogP contribution >= 0.6 is 23.4 Å². The van der Waals surface area contributed by atoms with Gasteiger partial charge in [-0.15, -0.1) is 11.8 Å². The SMILES string of the molecule is CSC(Cl)=C[C@H]1[C@@H](C(=O)O)C1(C)C. The second-order valence-corrected chi connectivity index (χ2v) is 5.32. The molecule has 1 rings (SSSR count). The number of halogens is 1. The molecule has 0 bridgehead atoms. The molecule has 1 fully saturated rings. The van der Waals surface area contributed by atoms with E-state index in [9.17, 15) is 4.79 Å². The molecule has 0 aromatic carbocycles. The minimum Gasteiger partial charge on any atom is -0.481 e. The van der Waals surface area contributed by atoms with Gasteiger partial charge in [0.2, 0.25) is 0 Å². The normalized spacial score (nSPS) is 31.5. The van der Waals surface area contributed by atoms with Gasteiger partial charge < -0.3 is 5.11 Å². The lowest BCUT2D eigenvalue weighted by atomic mass is 10.1. The molecule has 0 heterocycles. The fourth-order valence-electron chi connectivity index (χ4n) is 1.67. The summed E-state index contributed by atoms with van der Waals surface area (Å²) in [6.07, 6.45) is 3.73. The first-order chi connectivity index (χ1) is 5.91. The van der Waals surface area contributed by atoms with E-state index in [4.69, 9.17) is 16.7 Å². The van der Waals surface area contributed by atoms with Crippen molar-refractivity contribution >= 4 is 29.3 Å². The van der Waals surface area contributed by atoms with Crippen LogP contribution in [-0.4, -0.2) is 17.3 Å². The van der Waals surface area contributed by atoms with Gasteiger partial charge in [0.1, 0.15) is 0 Å². The lowest BCUT2D eigenvalue weighted by Gasteiger charge is -1.97. The first-order valence-corrected chi connectivity index (χ1v) is 5.65. The van der Waals surface area contributed by atoms with Crippen molar-refractivity contribution in [3.63, 3.8) is 0 Å². The monoisotopic (exact) mass is 220 g/mol. The van der Waals surface area contributed by atoms with Crippen molar-refractivity contribution in [2.45, 2.75) is 13.8 Å². The molecular formula is C9H13ClO2S. The number of carboxylic acid groups (broad SMARTS) is 1. The zero-order chi connectivity index (χ0) is 10.2. The first kappa shape index (κ1) is 10.9. The molecule has 13 heavy (non-hydrogen) atoms. The average molecular weight is 221 g/mol. The van der Waals surface area contributed by atoms with Gasteiger partial charge in [0.25, 0.3) is 0 Å². The van der Waals surface area contributed by atoms with E-state index in [0.29, 0.717) is 4.36 Å². The number of allylic oxidation sites excluding steroid dienone is 1. The van der Waals surface area contributed by atoms with Crippen LogP contribution in [0.2, 0.25) is 0 Å². The van der Waals surface area contributed by atoms with Crippen molar-refractivity contribution in [1.82, 2.24) is 0 Å². The van der Waals surface area contributed by atoms with Crippen LogP contribution in [0.1, 0.15) is 13.8 Å². The third-order valence-corrected chi connectivity index (χ3v) is 3.80. The van der Waals surface area contributed by atoms with Gasteiger partial charge in [0.05, 0.1) is 10.3 Å². The van der Waals surface area contributed by atoms with E-state index >= 15 is 0 Å². The van der Waals surface area contributed by atoms with Crippen LogP contribution in [0.25, 0.3) is 0 Å². The summed E-state index contributed by atoms with van der Waals surface area (Å²) in [4.78, 5) is 10.8. The van der Waals surface area contributed by atoms with Crippen molar-refractivity contribution in [3.8, 4) is 0 Å². The maximum atomic E-state index is 10.8. The number of aliphatic carboxylic acids is 1. The van der Waals surface area contributed by atoms with Gasteiger partial charge in [0, 0.05) is 0 Å². The van der Waals surface area contributed by atoms with Crippen LogP contribution in [0.3, 0.4) is 0 Å². The van der Waals surface area contributed by atoms with Gasteiger partial charge in [-0.25, -0.2) is 0 Å². The lowest BCUT2D eigenvalue weighted by Crippen LogP contribution is -2.02. The molecule has 0 amide bonds. The highest BCUT2D eigenvalue weighted by atomic mass is 35.5. The predicted octanol–water partition coefficient (Wildman–Crippen LogP) is 2.79. The van der Waals surface area contributed by atoms with Crippen molar-refractivity contribution < 1.29 is 9.90 Å². The molecule has 1 aliphatic carbocycles. The number of rotatable bonds is 3. The third-order valence-electron chi connectivity index (χ3n) is 2.68. The van der Waals surface area contributed by atoms with Gasteiger partial charge in [-0.05, 0) is 17.6 Å². The molecule has 1 saturated carbocycles. The van der Waals surface area contributed by atoms with Gasteiger partial charge in [-0.1, -0.05) is 31.5 Å². The maximum absolute atomic E-state index is 10.8. The quantitative estimate of drug-likeness (QED) is 0.795. The summed E-state index contributed by atoms with van der Waals surface area (Å²) >= 11 is 7.27. The fourth-order valence-corrected chi connectivity index (χ4v) is 2.09. The Hall–Kier alpha value is -0.150.